The van der Waals surface area contributed by atoms with Gasteiger partial charge in [0.25, 0.3) is 0 Å². The van der Waals surface area contributed by atoms with Crippen molar-refractivity contribution in [3.8, 4) is 0 Å². The zero-order valence-corrected chi connectivity index (χ0v) is 13.2. The van der Waals surface area contributed by atoms with Gasteiger partial charge in [-0.3, -0.25) is 9.69 Å². The average Bonchev–Trinajstić information content (AvgIpc) is 2.86. The van der Waals surface area contributed by atoms with E-state index >= 15 is 0 Å². The Bertz CT molecular complexity index is 490. The summed E-state index contributed by atoms with van der Waals surface area (Å²) in [5.74, 6) is 0.648. The molecular formula is C13H25N7O2. The lowest BCUT2D eigenvalue weighted by Gasteiger charge is -2.42. The lowest BCUT2D eigenvalue weighted by atomic mass is 10.1. The molecule has 1 aromatic heterocycles. The molecule has 1 atom stereocenters. The summed E-state index contributed by atoms with van der Waals surface area (Å²) in [5.41, 5.74) is 5.59. The predicted octanol–water partition coefficient (Wildman–Crippen LogP) is -1.19. The van der Waals surface area contributed by atoms with Gasteiger partial charge in [-0.05, 0) is 22.8 Å². The summed E-state index contributed by atoms with van der Waals surface area (Å²) in [4.78, 5) is 16.5. The number of aliphatic hydroxyl groups is 1. The molecule has 1 fully saturated rings. The van der Waals surface area contributed by atoms with Crippen LogP contribution in [0.1, 0.15) is 20.3 Å². The van der Waals surface area contributed by atoms with Crippen LogP contribution < -0.4 is 5.73 Å². The molecule has 0 radical (unpaired) electrons. The first-order valence-electron chi connectivity index (χ1n) is 7.65. The number of nitrogens with zero attached hydrogens (tertiary/aromatic N) is 6. The van der Waals surface area contributed by atoms with Crippen LogP contribution in [-0.4, -0.2) is 79.8 Å². The summed E-state index contributed by atoms with van der Waals surface area (Å²) in [6.45, 7) is 7.62. The molecule has 9 nitrogen and oxygen atoms in total. The van der Waals surface area contributed by atoms with Crippen molar-refractivity contribution in [1.29, 1.82) is 0 Å². The number of piperazine rings is 1. The Morgan fingerprint density at radius 3 is 2.82 bits per heavy atom. The quantitative estimate of drug-likeness (QED) is 0.679. The molecule has 0 saturated carbocycles. The minimum atomic E-state index is -0.0499. The van der Waals surface area contributed by atoms with Gasteiger partial charge in [0.2, 0.25) is 11.9 Å². The van der Waals surface area contributed by atoms with Crippen molar-refractivity contribution in [3.05, 3.63) is 0 Å². The molecule has 0 aliphatic carbocycles. The van der Waals surface area contributed by atoms with Gasteiger partial charge < -0.3 is 15.7 Å². The van der Waals surface area contributed by atoms with Crippen LogP contribution in [0.25, 0.3) is 0 Å². The average molecular weight is 311 g/mol. The van der Waals surface area contributed by atoms with E-state index in [0.29, 0.717) is 25.4 Å². The van der Waals surface area contributed by atoms with E-state index in [4.69, 9.17) is 5.73 Å². The number of hydrogen-bond acceptors (Lipinski definition) is 7. The maximum absolute atomic E-state index is 12.4. The number of aliphatic hydroxyl groups excluding tert-OH is 1. The highest BCUT2D eigenvalue weighted by Gasteiger charge is 2.29. The van der Waals surface area contributed by atoms with Crippen LogP contribution in [0.15, 0.2) is 0 Å². The summed E-state index contributed by atoms with van der Waals surface area (Å²) in [5, 5.41) is 20.0. The number of tetrazole rings is 1. The van der Waals surface area contributed by atoms with Crippen LogP contribution >= 0.6 is 0 Å². The monoisotopic (exact) mass is 311 g/mol. The van der Waals surface area contributed by atoms with Crippen LogP contribution in [0, 0.1) is 5.92 Å². The second-order valence-electron chi connectivity index (χ2n) is 6.09. The zero-order valence-electron chi connectivity index (χ0n) is 13.2. The van der Waals surface area contributed by atoms with E-state index in [-0.39, 0.29) is 31.0 Å². The van der Waals surface area contributed by atoms with Gasteiger partial charge in [-0.15, -0.1) is 0 Å². The van der Waals surface area contributed by atoms with Crippen LogP contribution in [0.3, 0.4) is 0 Å². The summed E-state index contributed by atoms with van der Waals surface area (Å²) in [6.07, 6.45) is 0.670. The smallest absolute Gasteiger partial charge is 0.244 e. The highest BCUT2D eigenvalue weighted by Crippen LogP contribution is 2.15. The molecule has 1 aliphatic rings. The number of hydrogen-bond donors (Lipinski definition) is 2. The van der Waals surface area contributed by atoms with Crippen molar-refractivity contribution in [2.24, 2.45) is 5.92 Å². The number of carbonyl (C=O) groups excluding carboxylic acids is 1. The third-order valence-electron chi connectivity index (χ3n) is 3.86. The van der Waals surface area contributed by atoms with Crippen molar-refractivity contribution in [1.82, 2.24) is 30.0 Å². The minimum absolute atomic E-state index is 0.0499. The topological polar surface area (TPSA) is 113 Å². The molecule has 1 aliphatic heterocycles. The van der Waals surface area contributed by atoms with Gasteiger partial charge in [-0.2, -0.15) is 0 Å². The SMILES string of the molecule is CC(C)CN1CCN(C(=O)Cn2nnnc2N)CC1CCO. The lowest BCUT2D eigenvalue weighted by molar-refractivity contribution is -0.135. The summed E-state index contributed by atoms with van der Waals surface area (Å²) in [6, 6.07) is 0.191. The second-order valence-corrected chi connectivity index (χ2v) is 6.09. The van der Waals surface area contributed by atoms with Crippen molar-refractivity contribution in [2.75, 3.05) is 38.5 Å². The summed E-state index contributed by atoms with van der Waals surface area (Å²) in [7, 11) is 0. The number of rotatable bonds is 6. The number of carbonyl (C=O) groups is 1. The van der Waals surface area contributed by atoms with Crippen LogP contribution in [0.5, 0.6) is 0 Å². The van der Waals surface area contributed by atoms with Crippen molar-refractivity contribution in [3.63, 3.8) is 0 Å². The normalized spacial score (nSPS) is 19.8. The van der Waals surface area contributed by atoms with E-state index in [2.05, 4.69) is 34.3 Å². The van der Waals surface area contributed by atoms with Crippen LogP contribution in [-0.2, 0) is 11.3 Å². The van der Waals surface area contributed by atoms with Crippen molar-refractivity contribution >= 4 is 11.9 Å². The standard InChI is InChI=1S/C13H25N7O2/c1-10(2)7-18-4-5-19(8-11(18)3-6-21)12(22)9-20-13(14)15-16-17-20/h10-11,21H,3-9H2,1-2H3,(H2,14,15,17). The largest absolute Gasteiger partial charge is 0.396 e. The molecule has 2 rings (SSSR count). The molecular weight excluding hydrogens is 286 g/mol. The number of amides is 1. The maximum Gasteiger partial charge on any atom is 0.244 e. The number of anilines is 1. The van der Waals surface area contributed by atoms with E-state index in [1.165, 1.54) is 4.68 Å². The first kappa shape index (κ1) is 16.6. The van der Waals surface area contributed by atoms with E-state index in [1.807, 2.05) is 0 Å². The van der Waals surface area contributed by atoms with Gasteiger partial charge >= 0.3 is 0 Å². The Morgan fingerprint density at radius 1 is 1.45 bits per heavy atom. The molecule has 1 amide bonds. The van der Waals surface area contributed by atoms with Gasteiger partial charge in [-0.25, -0.2) is 4.68 Å². The molecule has 3 N–H and O–H groups in total. The van der Waals surface area contributed by atoms with Gasteiger partial charge in [0, 0.05) is 38.8 Å². The van der Waals surface area contributed by atoms with Gasteiger partial charge in [0.15, 0.2) is 0 Å². The molecule has 22 heavy (non-hydrogen) atoms. The number of nitrogen functional groups attached to an aromatic ring is 1. The second kappa shape index (κ2) is 7.50. The first-order valence-corrected chi connectivity index (χ1v) is 7.65. The van der Waals surface area contributed by atoms with E-state index < -0.39 is 0 Å². The van der Waals surface area contributed by atoms with Crippen LogP contribution in [0.4, 0.5) is 5.95 Å². The van der Waals surface area contributed by atoms with E-state index in [9.17, 15) is 9.90 Å². The Hall–Kier alpha value is -1.74. The Morgan fingerprint density at radius 2 is 2.23 bits per heavy atom. The fraction of sp³-hybridized carbons (Fsp3) is 0.846. The minimum Gasteiger partial charge on any atom is -0.396 e. The molecule has 1 saturated heterocycles. The molecule has 0 aromatic carbocycles. The van der Waals surface area contributed by atoms with E-state index in [0.717, 1.165) is 13.1 Å². The molecule has 9 heteroatoms. The Balaban J connectivity index is 1.95. The number of aromatic nitrogens is 4. The van der Waals surface area contributed by atoms with Gasteiger partial charge in [0.1, 0.15) is 6.54 Å². The third-order valence-corrected chi connectivity index (χ3v) is 3.86. The summed E-state index contributed by atoms with van der Waals surface area (Å²) < 4.78 is 1.30. The summed E-state index contributed by atoms with van der Waals surface area (Å²) >= 11 is 0. The Kier molecular flexibility index (Phi) is 5.67. The first-order chi connectivity index (χ1) is 10.5. The van der Waals surface area contributed by atoms with E-state index in [1.54, 1.807) is 4.90 Å². The van der Waals surface area contributed by atoms with Crippen LogP contribution in [0.2, 0.25) is 0 Å². The van der Waals surface area contributed by atoms with Gasteiger partial charge in [-0.1, -0.05) is 18.9 Å². The highest BCUT2D eigenvalue weighted by molar-refractivity contribution is 5.76. The Labute approximate surface area is 130 Å². The molecule has 1 aromatic rings. The molecule has 2 heterocycles. The molecule has 0 spiro atoms. The van der Waals surface area contributed by atoms with Crippen molar-refractivity contribution < 1.29 is 9.90 Å². The van der Waals surface area contributed by atoms with Crippen molar-refractivity contribution in [2.45, 2.75) is 32.9 Å². The molecule has 1 unspecified atom stereocenters. The maximum atomic E-state index is 12.4. The third kappa shape index (κ3) is 4.14. The molecule has 124 valence electrons. The lowest BCUT2D eigenvalue weighted by Crippen LogP contribution is -2.56. The zero-order chi connectivity index (χ0) is 16.1. The predicted molar refractivity (Wildman–Crippen MR) is 80.7 cm³/mol. The highest BCUT2D eigenvalue weighted by atomic mass is 16.3. The fourth-order valence-corrected chi connectivity index (χ4v) is 2.80. The number of nitrogens with two attached hydrogens (primary N) is 1. The fourth-order valence-electron chi connectivity index (χ4n) is 2.80. The molecule has 0 bridgehead atoms. The van der Waals surface area contributed by atoms with Gasteiger partial charge in [0.05, 0.1) is 0 Å².